The fourth-order valence-electron chi connectivity index (χ4n) is 1.58. The van der Waals surface area contributed by atoms with Crippen molar-refractivity contribution in [3.8, 4) is 0 Å². The number of hydrogen-bond donors (Lipinski definition) is 1. The molecule has 0 amide bonds. The Kier molecular flexibility index (Phi) is 6.39. The third kappa shape index (κ3) is 4.07. The molecule has 0 aromatic heterocycles. The molecule has 2 unspecified atom stereocenters. The minimum atomic E-state index is 0.863. The lowest BCUT2D eigenvalue weighted by Crippen LogP contribution is -2.25. The summed E-state index contributed by atoms with van der Waals surface area (Å²) in [5.74, 6) is 1.73. The first-order valence-corrected chi connectivity index (χ1v) is 5.05. The molecule has 1 saturated heterocycles. The normalized spacial score (nSPS) is 28.5. The van der Waals surface area contributed by atoms with Crippen molar-refractivity contribution in [2.24, 2.45) is 11.8 Å². The van der Waals surface area contributed by atoms with Gasteiger partial charge in [-0.15, -0.1) is 0 Å². The highest BCUT2D eigenvalue weighted by Crippen LogP contribution is 2.15. The van der Waals surface area contributed by atoms with Crippen molar-refractivity contribution in [3.63, 3.8) is 0 Å². The van der Waals surface area contributed by atoms with Crippen molar-refractivity contribution in [1.29, 1.82) is 0 Å². The molecule has 0 aromatic carbocycles. The van der Waals surface area contributed by atoms with Crippen molar-refractivity contribution >= 4 is 0 Å². The third-order valence-corrected chi connectivity index (χ3v) is 2.28. The number of hydrogen-bond acceptors (Lipinski definition) is 2. The minimum Gasteiger partial charge on any atom is -0.316 e. The van der Waals surface area contributed by atoms with Gasteiger partial charge >= 0.3 is 0 Å². The summed E-state index contributed by atoms with van der Waals surface area (Å²) >= 11 is 0. The first kappa shape index (κ1) is 11.9. The van der Waals surface area contributed by atoms with Crippen molar-refractivity contribution in [1.82, 2.24) is 10.2 Å². The maximum absolute atomic E-state index is 3.40. The second-order valence-corrected chi connectivity index (χ2v) is 3.66. The van der Waals surface area contributed by atoms with Crippen molar-refractivity contribution < 1.29 is 0 Å². The molecule has 2 heteroatoms. The number of rotatable bonds is 2. The van der Waals surface area contributed by atoms with Crippen LogP contribution in [0.15, 0.2) is 0 Å². The van der Waals surface area contributed by atoms with Gasteiger partial charge in [-0.2, -0.15) is 0 Å². The van der Waals surface area contributed by atoms with Crippen LogP contribution in [0.3, 0.4) is 0 Å². The van der Waals surface area contributed by atoms with Crippen LogP contribution in [0.4, 0.5) is 0 Å². The Labute approximate surface area is 77.3 Å². The predicted molar refractivity (Wildman–Crippen MR) is 55.4 cm³/mol. The monoisotopic (exact) mass is 172 g/mol. The van der Waals surface area contributed by atoms with Crippen LogP contribution in [-0.2, 0) is 0 Å². The van der Waals surface area contributed by atoms with Crippen LogP contribution >= 0.6 is 0 Å². The Morgan fingerprint density at radius 1 is 1.25 bits per heavy atom. The predicted octanol–water partition coefficient (Wildman–Crippen LogP) is 1.43. The zero-order chi connectivity index (χ0) is 9.56. The lowest BCUT2D eigenvalue weighted by atomic mass is 9.98. The van der Waals surface area contributed by atoms with Gasteiger partial charge in [-0.25, -0.2) is 0 Å². The van der Waals surface area contributed by atoms with Gasteiger partial charge < -0.3 is 10.2 Å². The van der Waals surface area contributed by atoms with E-state index in [1.807, 2.05) is 13.8 Å². The molecule has 1 N–H and O–H groups in total. The molecule has 0 bridgehead atoms. The topological polar surface area (TPSA) is 15.3 Å². The fourth-order valence-corrected chi connectivity index (χ4v) is 1.58. The lowest BCUT2D eigenvalue weighted by Gasteiger charge is -2.18. The van der Waals surface area contributed by atoms with Gasteiger partial charge in [0.15, 0.2) is 0 Å². The van der Waals surface area contributed by atoms with E-state index in [0.717, 1.165) is 11.8 Å². The summed E-state index contributed by atoms with van der Waals surface area (Å²) in [6.45, 7) is 9.97. The molecular weight excluding hydrogens is 148 g/mol. The Morgan fingerprint density at radius 2 is 1.83 bits per heavy atom. The molecule has 2 nitrogen and oxygen atoms in total. The molecule has 12 heavy (non-hydrogen) atoms. The largest absolute Gasteiger partial charge is 0.316 e. The highest BCUT2D eigenvalue weighted by Gasteiger charge is 2.22. The summed E-state index contributed by atoms with van der Waals surface area (Å²) in [6.07, 6.45) is 0. The second kappa shape index (κ2) is 6.44. The van der Waals surface area contributed by atoms with Crippen LogP contribution in [0, 0.1) is 11.8 Å². The lowest BCUT2D eigenvalue weighted by molar-refractivity contribution is 0.300. The first-order valence-electron chi connectivity index (χ1n) is 5.05. The molecule has 0 radical (unpaired) electrons. The van der Waals surface area contributed by atoms with E-state index < -0.39 is 0 Å². The molecule has 74 valence electrons. The maximum atomic E-state index is 3.40. The molecule has 1 rings (SSSR count). The van der Waals surface area contributed by atoms with E-state index in [1.54, 1.807) is 0 Å². The summed E-state index contributed by atoms with van der Waals surface area (Å²) in [5, 5.41) is 3.40. The smallest absolute Gasteiger partial charge is 0.00187 e. The molecule has 0 spiro atoms. The van der Waals surface area contributed by atoms with E-state index in [2.05, 4.69) is 31.2 Å². The summed E-state index contributed by atoms with van der Waals surface area (Å²) < 4.78 is 0. The molecular formula is C10H24N2. The van der Waals surface area contributed by atoms with E-state index in [9.17, 15) is 0 Å². The fraction of sp³-hybridized carbons (Fsp3) is 1.00. The zero-order valence-electron chi connectivity index (χ0n) is 9.22. The van der Waals surface area contributed by atoms with Gasteiger partial charge in [0.05, 0.1) is 0 Å². The molecule has 0 saturated carbocycles. The number of nitrogens with one attached hydrogen (secondary N) is 1. The Hall–Kier alpha value is -0.0800. The molecule has 1 aliphatic rings. The van der Waals surface area contributed by atoms with E-state index in [0.29, 0.717) is 0 Å². The van der Waals surface area contributed by atoms with Gasteiger partial charge in [0.1, 0.15) is 0 Å². The molecule has 0 aromatic rings. The van der Waals surface area contributed by atoms with Crippen LogP contribution in [0.2, 0.25) is 0 Å². The van der Waals surface area contributed by atoms with Crippen molar-refractivity contribution in [2.45, 2.75) is 20.8 Å². The minimum absolute atomic E-state index is 0.863. The van der Waals surface area contributed by atoms with Gasteiger partial charge in [-0.3, -0.25) is 0 Å². The zero-order valence-corrected chi connectivity index (χ0v) is 9.22. The van der Waals surface area contributed by atoms with E-state index in [-0.39, 0.29) is 0 Å². The Bertz CT molecular complexity index is 102. The third-order valence-electron chi connectivity index (χ3n) is 2.28. The summed E-state index contributed by atoms with van der Waals surface area (Å²) in [5.41, 5.74) is 0. The maximum Gasteiger partial charge on any atom is 0.00187 e. The van der Waals surface area contributed by atoms with Crippen LogP contribution in [0.25, 0.3) is 0 Å². The Morgan fingerprint density at radius 3 is 2.17 bits per heavy atom. The molecule has 0 aliphatic carbocycles. The molecule has 1 heterocycles. The summed E-state index contributed by atoms with van der Waals surface area (Å²) in [6, 6.07) is 0. The van der Waals surface area contributed by atoms with E-state index in [4.69, 9.17) is 0 Å². The van der Waals surface area contributed by atoms with Crippen molar-refractivity contribution in [3.05, 3.63) is 0 Å². The second-order valence-electron chi connectivity index (χ2n) is 3.66. The highest BCUT2D eigenvalue weighted by molar-refractivity contribution is 4.79. The van der Waals surface area contributed by atoms with Gasteiger partial charge in [-0.05, 0) is 39.0 Å². The van der Waals surface area contributed by atoms with Crippen LogP contribution in [0.1, 0.15) is 20.8 Å². The van der Waals surface area contributed by atoms with Gasteiger partial charge in [0.25, 0.3) is 0 Å². The van der Waals surface area contributed by atoms with E-state index >= 15 is 0 Å². The van der Waals surface area contributed by atoms with Gasteiger partial charge in [0, 0.05) is 6.54 Å². The van der Waals surface area contributed by atoms with Gasteiger partial charge in [-0.1, -0.05) is 20.8 Å². The quantitative estimate of drug-likeness (QED) is 0.678. The van der Waals surface area contributed by atoms with Crippen LogP contribution in [-0.4, -0.2) is 38.6 Å². The van der Waals surface area contributed by atoms with Crippen molar-refractivity contribution in [2.75, 3.05) is 33.7 Å². The Balaban J connectivity index is 0.000000561. The molecule has 2 atom stereocenters. The van der Waals surface area contributed by atoms with Gasteiger partial charge in [0.2, 0.25) is 0 Å². The highest BCUT2D eigenvalue weighted by atomic mass is 15.1. The average Bonchev–Trinajstić information content (AvgIpc) is 2.40. The first-order chi connectivity index (χ1) is 5.70. The SMILES string of the molecule is CC.CC1CNCC1CN(C)C. The van der Waals surface area contributed by atoms with Crippen LogP contribution < -0.4 is 5.32 Å². The molecule has 1 aliphatic heterocycles. The molecule has 1 fully saturated rings. The summed E-state index contributed by atoms with van der Waals surface area (Å²) in [7, 11) is 4.29. The average molecular weight is 172 g/mol. The van der Waals surface area contributed by atoms with Crippen LogP contribution in [0.5, 0.6) is 0 Å². The summed E-state index contributed by atoms with van der Waals surface area (Å²) in [4.78, 5) is 2.27. The van der Waals surface area contributed by atoms with E-state index in [1.165, 1.54) is 19.6 Å². The number of nitrogens with zero attached hydrogens (tertiary/aromatic N) is 1. The standard InChI is InChI=1S/C8H18N2.C2H6/c1-7-4-9-5-8(7)6-10(2)3;1-2/h7-9H,4-6H2,1-3H3;1-2H3.